The highest BCUT2D eigenvalue weighted by Crippen LogP contribution is 2.32. The largest absolute Gasteiger partial charge is 0.352 e. The minimum Gasteiger partial charge on any atom is -0.352 e. The van der Waals surface area contributed by atoms with Crippen molar-refractivity contribution in [3.8, 4) is 0 Å². The van der Waals surface area contributed by atoms with Crippen LogP contribution in [-0.4, -0.2) is 50.0 Å². The molecule has 0 unspecified atom stereocenters. The van der Waals surface area contributed by atoms with Crippen LogP contribution in [0.3, 0.4) is 0 Å². The molecule has 1 atom stereocenters. The second kappa shape index (κ2) is 15.0. The zero-order chi connectivity index (χ0) is 31.1. The maximum atomic E-state index is 14.3. The molecular formula is C31H33Cl4N3O4S. The summed E-state index contributed by atoms with van der Waals surface area (Å²) in [5, 5.41) is 4.12. The number of halogens is 4. The number of hydrogen-bond acceptors (Lipinski definition) is 4. The van der Waals surface area contributed by atoms with Crippen LogP contribution in [0.4, 0.5) is 5.69 Å². The molecule has 0 spiro atoms. The van der Waals surface area contributed by atoms with Crippen molar-refractivity contribution in [2.45, 2.75) is 57.2 Å². The highest BCUT2D eigenvalue weighted by atomic mass is 35.5. The molecule has 43 heavy (non-hydrogen) atoms. The van der Waals surface area contributed by atoms with E-state index >= 15 is 0 Å². The van der Waals surface area contributed by atoms with Crippen molar-refractivity contribution < 1.29 is 18.0 Å². The van der Waals surface area contributed by atoms with Gasteiger partial charge >= 0.3 is 0 Å². The van der Waals surface area contributed by atoms with Crippen molar-refractivity contribution in [3.63, 3.8) is 0 Å². The maximum absolute atomic E-state index is 14.3. The third-order valence-corrected chi connectivity index (χ3v) is 9.86. The van der Waals surface area contributed by atoms with Gasteiger partial charge in [0.25, 0.3) is 0 Å². The van der Waals surface area contributed by atoms with Crippen LogP contribution in [0, 0.1) is 0 Å². The van der Waals surface area contributed by atoms with Gasteiger partial charge in [0.05, 0.1) is 17.0 Å². The lowest BCUT2D eigenvalue weighted by molar-refractivity contribution is -0.140. The molecule has 0 bridgehead atoms. The molecule has 1 saturated carbocycles. The third-order valence-electron chi connectivity index (χ3n) is 7.47. The molecule has 0 aromatic heterocycles. The zero-order valence-corrected chi connectivity index (χ0v) is 27.5. The van der Waals surface area contributed by atoms with E-state index in [0.717, 1.165) is 48.2 Å². The van der Waals surface area contributed by atoms with Crippen molar-refractivity contribution in [1.82, 2.24) is 10.2 Å². The van der Waals surface area contributed by atoms with Gasteiger partial charge < -0.3 is 10.2 Å². The van der Waals surface area contributed by atoms with Crippen molar-refractivity contribution in [1.29, 1.82) is 0 Å². The van der Waals surface area contributed by atoms with Crippen molar-refractivity contribution in [2.24, 2.45) is 0 Å². The monoisotopic (exact) mass is 683 g/mol. The Labute approximate surface area is 273 Å². The summed E-state index contributed by atoms with van der Waals surface area (Å²) in [6.45, 7) is -0.767. The van der Waals surface area contributed by atoms with Gasteiger partial charge in [-0.2, -0.15) is 0 Å². The molecule has 3 aromatic carbocycles. The Balaban J connectivity index is 1.78. The maximum Gasteiger partial charge on any atom is 0.244 e. The number of amides is 2. The Hall–Kier alpha value is -2.49. The Morgan fingerprint density at radius 2 is 1.53 bits per heavy atom. The van der Waals surface area contributed by atoms with Gasteiger partial charge in [0, 0.05) is 39.6 Å². The van der Waals surface area contributed by atoms with Crippen molar-refractivity contribution >= 4 is 73.9 Å². The summed E-state index contributed by atoms with van der Waals surface area (Å²) in [7, 11) is -4.01. The third kappa shape index (κ3) is 9.02. The van der Waals surface area contributed by atoms with Gasteiger partial charge in [0.15, 0.2) is 0 Å². The number of benzene rings is 3. The van der Waals surface area contributed by atoms with Crippen LogP contribution in [0.2, 0.25) is 20.1 Å². The highest BCUT2D eigenvalue weighted by molar-refractivity contribution is 7.92. The van der Waals surface area contributed by atoms with Gasteiger partial charge in [-0.3, -0.25) is 13.9 Å². The van der Waals surface area contributed by atoms with E-state index < -0.39 is 28.5 Å². The zero-order valence-electron chi connectivity index (χ0n) is 23.6. The molecule has 4 rings (SSSR count). The van der Waals surface area contributed by atoms with Gasteiger partial charge in [-0.05, 0) is 48.7 Å². The number of anilines is 1. The number of nitrogens with zero attached hydrogens (tertiary/aromatic N) is 2. The van der Waals surface area contributed by atoms with E-state index in [-0.39, 0.29) is 40.6 Å². The molecule has 0 aliphatic heterocycles. The summed E-state index contributed by atoms with van der Waals surface area (Å²) >= 11 is 25.6. The van der Waals surface area contributed by atoms with E-state index in [1.165, 1.54) is 23.1 Å². The van der Waals surface area contributed by atoms with Crippen LogP contribution in [0.1, 0.15) is 43.2 Å². The number of nitrogens with one attached hydrogen (secondary N) is 1. The molecule has 7 nitrogen and oxygen atoms in total. The fraction of sp³-hybridized carbons (Fsp3) is 0.355. The van der Waals surface area contributed by atoms with E-state index in [2.05, 4.69) is 5.32 Å². The molecular weight excluding hydrogens is 652 g/mol. The number of rotatable bonds is 11. The molecule has 1 fully saturated rings. The second-order valence-corrected chi connectivity index (χ2v) is 14.2. The first-order valence-corrected chi connectivity index (χ1v) is 17.3. The Morgan fingerprint density at radius 1 is 0.884 bits per heavy atom. The molecule has 12 heteroatoms. The first-order valence-electron chi connectivity index (χ1n) is 13.9. The Kier molecular flexibility index (Phi) is 11.6. The number of carbonyl (C=O) groups excluding carboxylic acids is 2. The topological polar surface area (TPSA) is 86.8 Å². The minimum atomic E-state index is -4.01. The predicted octanol–water partition coefficient (Wildman–Crippen LogP) is 7.16. The lowest BCUT2D eigenvalue weighted by Gasteiger charge is -2.35. The summed E-state index contributed by atoms with van der Waals surface area (Å²) in [4.78, 5) is 29.7. The lowest BCUT2D eigenvalue weighted by atomic mass is 9.94. The average Bonchev–Trinajstić information content (AvgIpc) is 2.96. The Morgan fingerprint density at radius 3 is 2.16 bits per heavy atom. The van der Waals surface area contributed by atoms with Crippen LogP contribution in [0.25, 0.3) is 0 Å². The molecule has 1 aliphatic rings. The quantitative estimate of drug-likeness (QED) is 0.232. The van der Waals surface area contributed by atoms with Gasteiger partial charge in [0.1, 0.15) is 12.6 Å². The van der Waals surface area contributed by atoms with E-state index in [1.54, 1.807) is 18.2 Å². The summed E-state index contributed by atoms with van der Waals surface area (Å²) in [6, 6.07) is 17.7. The molecule has 230 valence electrons. The SMILES string of the molecule is CS(=O)(=O)N(CC(=O)N(Cc1c(Cl)cccc1Cl)[C@H](Cc1ccccc1)C(=O)NC1CCCCC1)c1cc(Cl)ccc1Cl. The van der Waals surface area contributed by atoms with Gasteiger partial charge in [-0.1, -0.05) is 102 Å². The fourth-order valence-electron chi connectivity index (χ4n) is 5.22. The van der Waals surface area contributed by atoms with Gasteiger partial charge in [-0.15, -0.1) is 0 Å². The molecule has 1 N–H and O–H groups in total. The van der Waals surface area contributed by atoms with Crippen LogP contribution in [0.15, 0.2) is 66.7 Å². The number of sulfonamides is 1. The van der Waals surface area contributed by atoms with Crippen molar-refractivity contribution in [3.05, 3.63) is 97.9 Å². The fourth-order valence-corrected chi connectivity index (χ4v) is 7.03. The molecule has 2 amide bonds. The van der Waals surface area contributed by atoms with Crippen molar-refractivity contribution in [2.75, 3.05) is 17.1 Å². The summed E-state index contributed by atoms with van der Waals surface area (Å²) < 4.78 is 26.9. The van der Waals surface area contributed by atoms with Gasteiger partial charge in [-0.25, -0.2) is 8.42 Å². The summed E-state index contributed by atoms with van der Waals surface area (Å²) in [6.07, 6.45) is 6.00. The van der Waals surface area contributed by atoms with Crippen LogP contribution >= 0.6 is 46.4 Å². The second-order valence-electron chi connectivity index (χ2n) is 10.6. The van der Waals surface area contributed by atoms with Crippen LogP contribution < -0.4 is 9.62 Å². The molecule has 1 aliphatic carbocycles. The summed E-state index contributed by atoms with van der Waals surface area (Å²) in [5.41, 5.74) is 1.31. The standard InChI is InChI=1S/C31H33Cl4N3O4S/c1-43(41,42)38(28-18-22(32)15-16-27(28)35)20-30(39)37(19-24-25(33)13-8-14-26(24)34)29(17-21-9-4-2-5-10-21)31(40)36-23-11-6-3-7-12-23/h2,4-5,8-10,13-16,18,23,29H,3,6-7,11-12,17,19-20H2,1H3,(H,36,40)/t29-/m1/s1. The van der Waals surface area contributed by atoms with Gasteiger partial charge in [0.2, 0.25) is 21.8 Å². The van der Waals surface area contributed by atoms with E-state index in [4.69, 9.17) is 46.4 Å². The van der Waals surface area contributed by atoms with E-state index in [1.807, 2.05) is 30.3 Å². The smallest absolute Gasteiger partial charge is 0.244 e. The minimum absolute atomic E-state index is 0.0156. The first-order chi connectivity index (χ1) is 20.4. The number of hydrogen-bond donors (Lipinski definition) is 1. The molecule has 0 radical (unpaired) electrons. The molecule has 0 saturated heterocycles. The number of carbonyl (C=O) groups is 2. The summed E-state index contributed by atoms with van der Waals surface area (Å²) in [5.74, 6) is -0.976. The molecule has 3 aromatic rings. The normalized spacial score (nSPS) is 14.6. The van der Waals surface area contributed by atoms with E-state index in [0.29, 0.717) is 15.6 Å². The highest BCUT2D eigenvalue weighted by Gasteiger charge is 2.35. The lowest BCUT2D eigenvalue weighted by Crippen LogP contribution is -2.55. The van der Waals surface area contributed by atoms with Crippen LogP contribution in [-0.2, 0) is 32.6 Å². The predicted molar refractivity (Wildman–Crippen MR) is 175 cm³/mol. The Bertz CT molecular complexity index is 1530. The molecule has 0 heterocycles. The van der Waals surface area contributed by atoms with E-state index in [9.17, 15) is 18.0 Å². The average molecular weight is 686 g/mol. The van der Waals surface area contributed by atoms with Crippen LogP contribution in [0.5, 0.6) is 0 Å². The first kappa shape index (κ1) is 33.4.